The second-order valence-corrected chi connectivity index (χ2v) is 5.28. The van der Waals surface area contributed by atoms with Crippen molar-refractivity contribution in [1.29, 1.82) is 0 Å². The van der Waals surface area contributed by atoms with Gasteiger partial charge in [-0.05, 0) is 30.7 Å². The van der Waals surface area contributed by atoms with E-state index in [-0.39, 0.29) is 16.6 Å². The molecule has 2 heterocycles. The highest BCUT2D eigenvalue weighted by atomic mass is 35.5. The molecule has 3 rings (SSSR count). The zero-order valence-corrected chi connectivity index (χ0v) is 12.1. The molecule has 114 valence electrons. The van der Waals surface area contributed by atoms with Gasteiger partial charge in [0.05, 0.1) is 5.02 Å². The molecule has 1 aromatic heterocycles. The van der Waals surface area contributed by atoms with Crippen LogP contribution in [0.5, 0.6) is 0 Å². The smallest absolute Gasteiger partial charge is 0.269 e. The number of nitrogens with zero attached hydrogens (tertiary/aromatic N) is 2. The lowest BCUT2D eigenvalue weighted by Crippen LogP contribution is -2.41. The van der Waals surface area contributed by atoms with E-state index in [9.17, 15) is 14.0 Å². The Labute approximate surface area is 130 Å². The molecule has 0 aliphatic carbocycles. The summed E-state index contributed by atoms with van der Waals surface area (Å²) in [5.74, 6) is -1.27. The lowest BCUT2D eigenvalue weighted by atomic mass is 10.2. The van der Waals surface area contributed by atoms with E-state index in [0.29, 0.717) is 18.7 Å². The first-order chi connectivity index (χ1) is 10.6. The first-order valence-corrected chi connectivity index (χ1v) is 7.01. The van der Waals surface area contributed by atoms with Gasteiger partial charge in [0, 0.05) is 18.4 Å². The predicted octanol–water partition coefficient (Wildman–Crippen LogP) is 1.74. The minimum absolute atomic E-state index is 0.000469. The molecular weight excluding hydrogens is 311 g/mol. The summed E-state index contributed by atoms with van der Waals surface area (Å²) in [5.41, 5.74) is 0.703. The van der Waals surface area contributed by atoms with Crippen LogP contribution >= 0.6 is 11.6 Å². The highest BCUT2D eigenvalue weighted by molar-refractivity contribution is 6.30. The van der Waals surface area contributed by atoms with Gasteiger partial charge >= 0.3 is 0 Å². The summed E-state index contributed by atoms with van der Waals surface area (Å²) in [7, 11) is 0. The van der Waals surface area contributed by atoms with Gasteiger partial charge in [-0.15, -0.1) is 0 Å². The molecular formula is C14H12ClFN4O2. The molecule has 1 saturated heterocycles. The third kappa shape index (κ3) is 2.67. The third-order valence-corrected chi connectivity index (χ3v) is 3.78. The number of aromatic amines is 1. The van der Waals surface area contributed by atoms with Gasteiger partial charge in [-0.2, -0.15) is 5.10 Å². The minimum atomic E-state index is -0.644. The molecule has 2 amide bonds. The number of aromatic nitrogens is 2. The van der Waals surface area contributed by atoms with Crippen molar-refractivity contribution in [3.8, 4) is 0 Å². The average molecular weight is 323 g/mol. The Morgan fingerprint density at radius 3 is 2.95 bits per heavy atom. The standard InChI is InChI=1S/C14H12ClFN4O2/c15-9-2-1-8(7-10(9)16)20-6-4-12(14(20)22)18-13(21)11-3-5-17-19-11/h1-3,5,7,12H,4,6H2,(H,17,19)(H,18,21)/t12-/m0/s1. The molecule has 1 fully saturated rings. The third-order valence-electron chi connectivity index (χ3n) is 3.47. The Kier molecular flexibility index (Phi) is 3.81. The van der Waals surface area contributed by atoms with Gasteiger partial charge in [0.25, 0.3) is 5.91 Å². The number of amides is 2. The van der Waals surface area contributed by atoms with Crippen molar-refractivity contribution < 1.29 is 14.0 Å². The van der Waals surface area contributed by atoms with Crippen molar-refractivity contribution in [3.63, 3.8) is 0 Å². The molecule has 22 heavy (non-hydrogen) atoms. The monoisotopic (exact) mass is 322 g/mol. The van der Waals surface area contributed by atoms with Gasteiger partial charge in [0.2, 0.25) is 5.91 Å². The molecule has 1 atom stereocenters. The second-order valence-electron chi connectivity index (χ2n) is 4.87. The van der Waals surface area contributed by atoms with Crippen LogP contribution in [0.1, 0.15) is 16.9 Å². The predicted molar refractivity (Wildman–Crippen MR) is 78.2 cm³/mol. The molecule has 0 bridgehead atoms. The molecule has 1 aliphatic heterocycles. The molecule has 1 aromatic carbocycles. The van der Waals surface area contributed by atoms with Crippen LogP contribution in [0.15, 0.2) is 30.5 Å². The molecule has 8 heteroatoms. The summed E-state index contributed by atoms with van der Waals surface area (Å²) in [4.78, 5) is 25.7. The van der Waals surface area contributed by atoms with Crippen LogP contribution in [0.4, 0.5) is 10.1 Å². The zero-order valence-electron chi connectivity index (χ0n) is 11.3. The largest absolute Gasteiger partial charge is 0.339 e. The highest BCUT2D eigenvalue weighted by Gasteiger charge is 2.34. The van der Waals surface area contributed by atoms with Gasteiger partial charge < -0.3 is 10.2 Å². The quantitative estimate of drug-likeness (QED) is 0.903. The van der Waals surface area contributed by atoms with Crippen LogP contribution in [0.2, 0.25) is 5.02 Å². The maximum absolute atomic E-state index is 13.5. The fourth-order valence-electron chi connectivity index (χ4n) is 2.34. The van der Waals surface area contributed by atoms with Crippen LogP contribution in [0.3, 0.4) is 0 Å². The lowest BCUT2D eigenvalue weighted by Gasteiger charge is -2.17. The molecule has 6 nitrogen and oxygen atoms in total. The highest BCUT2D eigenvalue weighted by Crippen LogP contribution is 2.25. The number of rotatable bonds is 3. The number of H-pyrrole nitrogens is 1. The number of benzene rings is 1. The first kappa shape index (κ1) is 14.5. The maximum atomic E-state index is 13.5. The van der Waals surface area contributed by atoms with E-state index >= 15 is 0 Å². The molecule has 0 saturated carbocycles. The Morgan fingerprint density at radius 1 is 1.45 bits per heavy atom. The number of hydrogen-bond acceptors (Lipinski definition) is 3. The van der Waals surface area contributed by atoms with Crippen molar-refractivity contribution in [3.05, 3.63) is 47.0 Å². The summed E-state index contributed by atoms with van der Waals surface area (Å²) in [5, 5.41) is 8.85. The van der Waals surface area contributed by atoms with Crippen LogP contribution in [0, 0.1) is 5.82 Å². The van der Waals surface area contributed by atoms with Crippen molar-refractivity contribution >= 4 is 29.1 Å². The van der Waals surface area contributed by atoms with E-state index in [1.165, 1.54) is 29.3 Å². The summed E-state index contributed by atoms with van der Waals surface area (Å²) in [6.07, 6.45) is 1.90. The van der Waals surface area contributed by atoms with E-state index in [4.69, 9.17) is 11.6 Å². The topological polar surface area (TPSA) is 78.1 Å². The van der Waals surface area contributed by atoms with Crippen molar-refractivity contribution in [2.24, 2.45) is 0 Å². The Bertz CT molecular complexity index is 720. The first-order valence-electron chi connectivity index (χ1n) is 6.63. The van der Waals surface area contributed by atoms with E-state index < -0.39 is 17.8 Å². The van der Waals surface area contributed by atoms with Crippen LogP contribution in [0.25, 0.3) is 0 Å². The molecule has 1 aliphatic rings. The molecule has 0 spiro atoms. The number of carbonyl (C=O) groups is 2. The maximum Gasteiger partial charge on any atom is 0.269 e. The Balaban J connectivity index is 1.72. The minimum Gasteiger partial charge on any atom is -0.339 e. The van der Waals surface area contributed by atoms with Crippen LogP contribution < -0.4 is 10.2 Å². The number of carbonyl (C=O) groups excluding carboxylic acids is 2. The second kappa shape index (κ2) is 5.76. The van der Waals surface area contributed by atoms with Gasteiger partial charge in [-0.25, -0.2) is 4.39 Å². The molecule has 2 N–H and O–H groups in total. The van der Waals surface area contributed by atoms with Crippen molar-refractivity contribution in [1.82, 2.24) is 15.5 Å². The number of hydrogen-bond donors (Lipinski definition) is 2. The molecule has 0 radical (unpaired) electrons. The summed E-state index contributed by atoms with van der Waals surface area (Å²) in [6, 6.07) is 5.05. The van der Waals surface area contributed by atoms with Crippen LogP contribution in [-0.2, 0) is 4.79 Å². The summed E-state index contributed by atoms with van der Waals surface area (Å²) < 4.78 is 13.5. The number of anilines is 1. The fraction of sp³-hybridized carbons (Fsp3) is 0.214. The normalized spacial score (nSPS) is 17.8. The average Bonchev–Trinajstić information content (AvgIpc) is 3.13. The number of halogens is 2. The van der Waals surface area contributed by atoms with Crippen molar-refractivity contribution in [2.75, 3.05) is 11.4 Å². The Hall–Kier alpha value is -2.41. The van der Waals surface area contributed by atoms with E-state index in [2.05, 4.69) is 15.5 Å². The molecule has 2 aromatic rings. The SMILES string of the molecule is O=C(N[C@H]1CCN(c2ccc(Cl)c(F)c2)C1=O)c1ccn[nH]1. The summed E-state index contributed by atoms with van der Waals surface area (Å²) in [6.45, 7) is 0.397. The van der Waals surface area contributed by atoms with Crippen molar-refractivity contribution in [2.45, 2.75) is 12.5 Å². The number of nitrogens with one attached hydrogen (secondary N) is 2. The Morgan fingerprint density at radius 2 is 2.27 bits per heavy atom. The molecule has 0 unspecified atom stereocenters. The van der Waals surface area contributed by atoms with Crippen LogP contribution in [-0.4, -0.2) is 34.6 Å². The van der Waals surface area contributed by atoms with Gasteiger partial charge in [0.1, 0.15) is 17.6 Å². The van der Waals surface area contributed by atoms with Gasteiger partial charge in [-0.1, -0.05) is 11.6 Å². The van der Waals surface area contributed by atoms with E-state index in [0.717, 1.165) is 0 Å². The van der Waals surface area contributed by atoms with E-state index in [1.807, 2.05) is 0 Å². The zero-order chi connectivity index (χ0) is 15.7. The van der Waals surface area contributed by atoms with E-state index in [1.54, 1.807) is 6.07 Å². The van der Waals surface area contributed by atoms with Gasteiger partial charge in [0.15, 0.2) is 0 Å². The van der Waals surface area contributed by atoms with Gasteiger partial charge in [-0.3, -0.25) is 14.7 Å². The fourth-order valence-corrected chi connectivity index (χ4v) is 2.46. The lowest BCUT2D eigenvalue weighted by molar-refractivity contribution is -0.118. The summed E-state index contributed by atoms with van der Waals surface area (Å²) >= 11 is 5.63.